The first-order valence-electron chi connectivity index (χ1n) is 7.56. The van der Waals surface area contributed by atoms with Crippen molar-refractivity contribution < 1.29 is 19.4 Å². The molecule has 1 aliphatic rings. The number of unbranched alkanes of at least 4 members (excludes halogenated alkanes) is 2. The first-order valence-corrected chi connectivity index (χ1v) is 7.56. The van der Waals surface area contributed by atoms with Crippen LogP contribution in [-0.4, -0.2) is 23.7 Å². The second kappa shape index (κ2) is 8.77. The number of carboxylic acids is 1. The van der Waals surface area contributed by atoms with Crippen LogP contribution in [0, 0.1) is 17.8 Å². The predicted octanol–water partition coefficient (Wildman–Crippen LogP) is 3.41. The van der Waals surface area contributed by atoms with Gasteiger partial charge >= 0.3 is 11.9 Å². The van der Waals surface area contributed by atoms with Crippen molar-refractivity contribution in [1.82, 2.24) is 0 Å². The number of carbonyl (C=O) groups excluding carboxylic acids is 1. The Labute approximate surface area is 121 Å². The topological polar surface area (TPSA) is 63.6 Å². The summed E-state index contributed by atoms with van der Waals surface area (Å²) in [6.07, 6.45) is 8.86. The minimum Gasteiger partial charge on any atom is -0.481 e. The molecule has 0 aromatic carbocycles. The zero-order valence-corrected chi connectivity index (χ0v) is 12.5. The Bertz CT molecular complexity index is 346. The fraction of sp³-hybridized carbons (Fsp3) is 0.750. The highest BCUT2D eigenvalue weighted by atomic mass is 16.5. The van der Waals surface area contributed by atoms with Crippen LogP contribution in [0.25, 0.3) is 0 Å². The van der Waals surface area contributed by atoms with Crippen LogP contribution < -0.4 is 0 Å². The van der Waals surface area contributed by atoms with Crippen LogP contribution in [0.4, 0.5) is 0 Å². The maximum absolute atomic E-state index is 11.9. The van der Waals surface area contributed by atoms with Crippen LogP contribution in [0.15, 0.2) is 12.2 Å². The van der Waals surface area contributed by atoms with Crippen molar-refractivity contribution in [2.24, 2.45) is 17.8 Å². The van der Waals surface area contributed by atoms with E-state index in [9.17, 15) is 9.59 Å². The van der Waals surface area contributed by atoms with Gasteiger partial charge in [0.05, 0.1) is 18.4 Å². The van der Waals surface area contributed by atoms with Gasteiger partial charge in [0.1, 0.15) is 0 Å². The second-order valence-electron chi connectivity index (χ2n) is 5.90. The van der Waals surface area contributed by atoms with Gasteiger partial charge in [0.2, 0.25) is 0 Å². The molecule has 20 heavy (non-hydrogen) atoms. The highest BCUT2D eigenvalue weighted by Gasteiger charge is 2.34. The molecule has 1 aliphatic carbocycles. The van der Waals surface area contributed by atoms with E-state index in [1.54, 1.807) is 0 Å². The van der Waals surface area contributed by atoms with Gasteiger partial charge in [0, 0.05) is 0 Å². The van der Waals surface area contributed by atoms with Gasteiger partial charge in [0.15, 0.2) is 0 Å². The smallest absolute Gasteiger partial charge is 0.310 e. The van der Waals surface area contributed by atoms with Crippen molar-refractivity contribution in [1.29, 1.82) is 0 Å². The summed E-state index contributed by atoms with van der Waals surface area (Å²) in [5.74, 6) is -1.71. The summed E-state index contributed by atoms with van der Waals surface area (Å²) in [7, 11) is 0. The lowest BCUT2D eigenvalue weighted by Gasteiger charge is -2.23. The summed E-state index contributed by atoms with van der Waals surface area (Å²) < 4.78 is 5.23. The SMILES string of the molecule is CC(C)CCCCCOC(=O)C1CC=CCC1C(=O)O. The maximum Gasteiger partial charge on any atom is 0.310 e. The van der Waals surface area contributed by atoms with E-state index in [1.807, 2.05) is 12.2 Å². The van der Waals surface area contributed by atoms with Crippen molar-refractivity contribution in [3.8, 4) is 0 Å². The van der Waals surface area contributed by atoms with Crippen LogP contribution >= 0.6 is 0 Å². The van der Waals surface area contributed by atoms with E-state index in [1.165, 1.54) is 6.42 Å². The molecule has 0 saturated carbocycles. The van der Waals surface area contributed by atoms with Gasteiger partial charge in [-0.05, 0) is 25.2 Å². The molecule has 1 rings (SSSR count). The predicted molar refractivity (Wildman–Crippen MR) is 77.3 cm³/mol. The molecule has 2 atom stereocenters. The van der Waals surface area contributed by atoms with Crippen LogP contribution in [0.2, 0.25) is 0 Å². The summed E-state index contributed by atoms with van der Waals surface area (Å²) in [5.41, 5.74) is 0. The fourth-order valence-corrected chi connectivity index (χ4v) is 2.46. The molecule has 0 spiro atoms. The Balaban J connectivity index is 2.24. The normalized spacial score (nSPS) is 21.9. The Morgan fingerprint density at radius 1 is 1.15 bits per heavy atom. The first kappa shape index (κ1) is 16.7. The number of carboxylic acid groups (broad SMARTS) is 1. The van der Waals surface area contributed by atoms with Crippen LogP contribution in [-0.2, 0) is 14.3 Å². The monoisotopic (exact) mass is 282 g/mol. The lowest BCUT2D eigenvalue weighted by Crippen LogP contribution is -2.32. The largest absolute Gasteiger partial charge is 0.481 e. The molecule has 0 aliphatic heterocycles. The average Bonchev–Trinajstić information content (AvgIpc) is 2.42. The lowest BCUT2D eigenvalue weighted by molar-refractivity contribution is -0.158. The third-order valence-corrected chi connectivity index (χ3v) is 3.72. The van der Waals surface area contributed by atoms with Gasteiger partial charge < -0.3 is 9.84 Å². The van der Waals surface area contributed by atoms with Gasteiger partial charge in [-0.1, -0.05) is 45.3 Å². The number of allylic oxidation sites excluding steroid dienone is 2. The molecule has 0 heterocycles. The van der Waals surface area contributed by atoms with Crippen molar-refractivity contribution in [2.75, 3.05) is 6.61 Å². The molecule has 0 bridgehead atoms. The number of carbonyl (C=O) groups is 2. The molecule has 0 aromatic heterocycles. The Hall–Kier alpha value is -1.32. The summed E-state index contributed by atoms with van der Waals surface area (Å²) in [5, 5.41) is 9.11. The molecular formula is C16H26O4. The highest BCUT2D eigenvalue weighted by Crippen LogP contribution is 2.27. The summed E-state index contributed by atoms with van der Waals surface area (Å²) in [6.45, 7) is 4.80. The standard InChI is InChI=1S/C16H26O4/c1-12(2)8-4-3-7-11-20-16(19)14-10-6-5-9-13(14)15(17)18/h5-6,12-14H,3-4,7-11H2,1-2H3,(H,17,18). The Kier molecular flexibility index (Phi) is 7.34. The Morgan fingerprint density at radius 3 is 2.40 bits per heavy atom. The Morgan fingerprint density at radius 2 is 1.80 bits per heavy atom. The van der Waals surface area contributed by atoms with E-state index in [0.29, 0.717) is 25.4 Å². The van der Waals surface area contributed by atoms with E-state index in [-0.39, 0.29) is 5.97 Å². The average molecular weight is 282 g/mol. The molecule has 4 heteroatoms. The minimum absolute atomic E-state index is 0.356. The van der Waals surface area contributed by atoms with Crippen LogP contribution in [0.1, 0.15) is 52.4 Å². The molecule has 0 aromatic rings. The number of aliphatic carboxylic acids is 1. The summed E-state index contributed by atoms with van der Waals surface area (Å²) >= 11 is 0. The molecule has 0 radical (unpaired) electrons. The number of ether oxygens (including phenoxy) is 1. The minimum atomic E-state index is -0.909. The maximum atomic E-state index is 11.9. The molecule has 0 amide bonds. The van der Waals surface area contributed by atoms with Gasteiger partial charge in [0.25, 0.3) is 0 Å². The number of hydrogen-bond donors (Lipinski definition) is 1. The number of hydrogen-bond acceptors (Lipinski definition) is 3. The van der Waals surface area contributed by atoms with Gasteiger partial charge in [-0.3, -0.25) is 9.59 Å². The second-order valence-corrected chi connectivity index (χ2v) is 5.90. The number of esters is 1. The van der Waals surface area contributed by atoms with Gasteiger partial charge in [-0.15, -0.1) is 0 Å². The van der Waals surface area contributed by atoms with Crippen LogP contribution in [0.5, 0.6) is 0 Å². The van der Waals surface area contributed by atoms with E-state index >= 15 is 0 Å². The molecule has 114 valence electrons. The summed E-state index contributed by atoms with van der Waals surface area (Å²) in [6, 6.07) is 0. The van der Waals surface area contributed by atoms with Gasteiger partial charge in [-0.2, -0.15) is 0 Å². The van der Waals surface area contributed by atoms with E-state index in [4.69, 9.17) is 9.84 Å². The van der Waals surface area contributed by atoms with Crippen molar-refractivity contribution in [3.05, 3.63) is 12.2 Å². The van der Waals surface area contributed by atoms with Crippen LogP contribution in [0.3, 0.4) is 0 Å². The molecule has 0 fully saturated rings. The molecule has 2 unspecified atom stereocenters. The lowest BCUT2D eigenvalue weighted by atomic mass is 9.83. The molecular weight excluding hydrogens is 256 g/mol. The summed E-state index contributed by atoms with van der Waals surface area (Å²) in [4.78, 5) is 23.0. The molecule has 0 saturated heterocycles. The van der Waals surface area contributed by atoms with Gasteiger partial charge in [-0.25, -0.2) is 0 Å². The fourth-order valence-electron chi connectivity index (χ4n) is 2.46. The van der Waals surface area contributed by atoms with Crippen molar-refractivity contribution in [3.63, 3.8) is 0 Å². The van der Waals surface area contributed by atoms with Crippen molar-refractivity contribution in [2.45, 2.75) is 52.4 Å². The molecule has 4 nitrogen and oxygen atoms in total. The zero-order valence-electron chi connectivity index (χ0n) is 12.5. The zero-order chi connectivity index (χ0) is 15.0. The highest BCUT2D eigenvalue weighted by molar-refractivity contribution is 5.81. The third kappa shape index (κ3) is 5.76. The van der Waals surface area contributed by atoms with Crippen molar-refractivity contribution >= 4 is 11.9 Å². The van der Waals surface area contributed by atoms with E-state index in [2.05, 4.69) is 13.8 Å². The molecule has 1 N–H and O–H groups in total. The van der Waals surface area contributed by atoms with E-state index < -0.39 is 17.8 Å². The third-order valence-electron chi connectivity index (χ3n) is 3.72. The quantitative estimate of drug-likeness (QED) is 0.421. The van der Waals surface area contributed by atoms with E-state index in [0.717, 1.165) is 19.3 Å². The first-order chi connectivity index (χ1) is 9.52. The number of rotatable bonds is 8.